The number of carboxylic acids is 1. The van der Waals surface area contributed by atoms with Crippen molar-refractivity contribution in [2.24, 2.45) is 16.8 Å². The lowest BCUT2D eigenvalue weighted by Crippen LogP contribution is -2.50. The fourth-order valence-electron chi connectivity index (χ4n) is 4.10. The second-order valence-electron chi connectivity index (χ2n) is 8.56. The van der Waals surface area contributed by atoms with Gasteiger partial charge in [0.05, 0.1) is 5.69 Å². The molecule has 0 saturated heterocycles. The first-order chi connectivity index (χ1) is 16.3. The molecule has 1 aliphatic carbocycles. The molecule has 0 atom stereocenters. The van der Waals surface area contributed by atoms with Gasteiger partial charge >= 0.3 is 17.3 Å². The molecule has 0 unspecified atom stereocenters. The number of hydrogen-bond donors (Lipinski definition) is 2. The highest BCUT2D eigenvalue weighted by atomic mass is 32.1. The number of aromatic carboxylic acids is 1. The SMILES string of the molecule is CCn1c(=O)[nH]/c(=N\c2ccc(Oc3cc(C(=O)O)sn3)cc2)n(C[C@H]2CC[C@H](C)CC2)c1=O. The molecule has 1 aliphatic rings. The van der Waals surface area contributed by atoms with Crippen LogP contribution in [0.1, 0.15) is 49.2 Å². The van der Waals surface area contributed by atoms with Gasteiger partial charge in [0, 0.05) is 19.2 Å². The van der Waals surface area contributed by atoms with E-state index in [2.05, 4.69) is 21.3 Å². The third-order valence-corrected chi connectivity index (χ3v) is 6.83. The van der Waals surface area contributed by atoms with E-state index in [9.17, 15) is 14.4 Å². The summed E-state index contributed by atoms with van der Waals surface area (Å²) in [4.78, 5) is 43.9. The van der Waals surface area contributed by atoms with Gasteiger partial charge < -0.3 is 9.84 Å². The summed E-state index contributed by atoms with van der Waals surface area (Å²) in [5.41, 5.74) is -0.0939. The van der Waals surface area contributed by atoms with E-state index in [1.165, 1.54) is 10.6 Å². The molecule has 180 valence electrons. The van der Waals surface area contributed by atoms with E-state index >= 15 is 0 Å². The summed E-state index contributed by atoms with van der Waals surface area (Å²) in [5, 5.41) is 9.00. The van der Waals surface area contributed by atoms with Crippen LogP contribution < -0.4 is 21.7 Å². The zero-order valence-electron chi connectivity index (χ0n) is 19.1. The quantitative estimate of drug-likeness (QED) is 0.527. The lowest BCUT2D eigenvalue weighted by molar-refractivity contribution is 0.0702. The van der Waals surface area contributed by atoms with Crippen LogP contribution in [-0.4, -0.2) is 29.6 Å². The summed E-state index contributed by atoms with van der Waals surface area (Å²) in [7, 11) is 0. The Hall–Kier alpha value is -3.47. The largest absolute Gasteiger partial charge is 0.477 e. The van der Waals surface area contributed by atoms with Gasteiger partial charge in [-0.1, -0.05) is 19.8 Å². The predicted molar refractivity (Wildman–Crippen MR) is 127 cm³/mol. The predicted octanol–water partition coefficient (Wildman–Crippen LogP) is 3.36. The van der Waals surface area contributed by atoms with E-state index in [4.69, 9.17) is 9.84 Å². The zero-order valence-corrected chi connectivity index (χ0v) is 19.9. The summed E-state index contributed by atoms with van der Waals surface area (Å²) < 4.78 is 12.3. The number of carboxylic acid groups (broad SMARTS) is 1. The number of hydrogen-bond acceptors (Lipinski definition) is 7. The molecule has 10 nitrogen and oxygen atoms in total. The lowest BCUT2D eigenvalue weighted by Gasteiger charge is -2.26. The van der Waals surface area contributed by atoms with Crippen LogP contribution in [0.5, 0.6) is 11.6 Å². The molecule has 0 spiro atoms. The highest BCUT2D eigenvalue weighted by Crippen LogP contribution is 2.29. The van der Waals surface area contributed by atoms with Gasteiger partial charge in [-0.2, -0.15) is 4.37 Å². The summed E-state index contributed by atoms with van der Waals surface area (Å²) >= 11 is 0.842. The molecule has 0 aliphatic heterocycles. The van der Waals surface area contributed by atoms with Gasteiger partial charge in [0.15, 0.2) is 0 Å². The maximum absolute atomic E-state index is 13.1. The van der Waals surface area contributed by atoms with Crippen LogP contribution in [0.15, 0.2) is 44.9 Å². The first kappa shape index (κ1) is 23.7. The minimum atomic E-state index is -1.06. The van der Waals surface area contributed by atoms with Crippen LogP contribution in [0.4, 0.5) is 5.69 Å². The van der Waals surface area contributed by atoms with Gasteiger partial charge in [-0.15, -0.1) is 0 Å². The average molecular weight is 486 g/mol. The number of rotatable bonds is 7. The van der Waals surface area contributed by atoms with E-state index < -0.39 is 11.7 Å². The van der Waals surface area contributed by atoms with Crippen LogP contribution >= 0.6 is 11.5 Å². The lowest BCUT2D eigenvalue weighted by atomic mass is 9.83. The van der Waals surface area contributed by atoms with Gasteiger partial charge in [0.2, 0.25) is 11.5 Å². The molecule has 2 N–H and O–H groups in total. The fraction of sp³-hybridized carbons (Fsp3) is 0.435. The molecule has 34 heavy (non-hydrogen) atoms. The zero-order chi connectivity index (χ0) is 24.2. The van der Waals surface area contributed by atoms with E-state index in [1.807, 2.05) is 0 Å². The van der Waals surface area contributed by atoms with Crippen molar-refractivity contribution in [3.05, 3.63) is 61.8 Å². The number of ether oxygens (including phenoxy) is 1. The Bertz CT molecular complexity index is 1340. The molecular weight excluding hydrogens is 458 g/mol. The Morgan fingerprint density at radius 3 is 2.53 bits per heavy atom. The Kier molecular flexibility index (Phi) is 7.11. The summed E-state index contributed by atoms with van der Waals surface area (Å²) in [5.74, 6) is 0.661. The number of H-pyrrole nitrogens is 1. The first-order valence-electron chi connectivity index (χ1n) is 11.3. The second kappa shape index (κ2) is 10.2. The second-order valence-corrected chi connectivity index (χ2v) is 9.36. The normalized spacial score (nSPS) is 18.7. The van der Waals surface area contributed by atoms with Crippen molar-refractivity contribution < 1.29 is 14.6 Å². The topological polar surface area (TPSA) is 132 Å². The van der Waals surface area contributed by atoms with Crippen LogP contribution in [-0.2, 0) is 13.1 Å². The summed E-state index contributed by atoms with van der Waals surface area (Å²) in [6.07, 6.45) is 4.37. The molecule has 11 heteroatoms. The van der Waals surface area contributed by atoms with Crippen molar-refractivity contribution in [1.29, 1.82) is 0 Å². The van der Waals surface area contributed by atoms with E-state index in [0.717, 1.165) is 37.2 Å². The number of aromatic nitrogens is 4. The van der Waals surface area contributed by atoms with Gasteiger partial charge in [-0.3, -0.25) is 9.55 Å². The number of aromatic amines is 1. The van der Waals surface area contributed by atoms with Crippen molar-refractivity contribution in [2.75, 3.05) is 0 Å². The van der Waals surface area contributed by atoms with Crippen LogP contribution in [0.3, 0.4) is 0 Å². The Morgan fingerprint density at radius 2 is 1.91 bits per heavy atom. The smallest absolute Gasteiger partial charge is 0.347 e. The van der Waals surface area contributed by atoms with E-state index in [1.54, 1.807) is 35.8 Å². The van der Waals surface area contributed by atoms with Crippen molar-refractivity contribution in [3.8, 4) is 11.6 Å². The number of benzene rings is 1. The molecule has 3 aromatic rings. The molecule has 1 aromatic carbocycles. The molecule has 2 heterocycles. The van der Waals surface area contributed by atoms with Crippen LogP contribution in [0, 0.1) is 11.8 Å². The maximum Gasteiger partial charge on any atom is 0.347 e. The minimum Gasteiger partial charge on any atom is -0.477 e. The highest BCUT2D eigenvalue weighted by Gasteiger charge is 2.20. The summed E-state index contributed by atoms with van der Waals surface area (Å²) in [6, 6.07) is 8.06. The Balaban J connectivity index is 1.62. The number of nitrogens with one attached hydrogen (secondary N) is 1. The third-order valence-electron chi connectivity index (χ3n) is 6.07. The van der Waals surface area contributed by atoms with Gasteiger partial charge in [-0.05, 0) is 67.4 Å². The molecule has 4 rings (SSSR count). The van der Waals surface area contributed by atoms with Gasteiger partial charge in [0.1, 0.15) is 10.6 Å². The van der Waals surface area contributed by atoms with Crippen molar-refractivity contribution in [1.82, 2.24) is 18.5 Å². The maximum atomic E-state index is 13.1. The van der Waals surface area contributed by atoms with E-state index in [0.29, 0.717) is 29.8 Å². The average Bonchev–Trinajstić information content (AvgIpc) is 3.28. The van der Waals surface area contributed by atoms with Crippen LogP contribution in [0.2, 0.25) is 0 Å². The molecule has 0 amide bonds. The molecule has 1 fully saturated rings. The number of carbonyl (C=O) groups is 1. The summed E-state index contributed by atoms with van der Waals surface area (Å²) in [6.45, 7) is 4.81. The third kappa shape index (κ3) is 5.36. The molecule has 0 bridgehead atoms. The van der Waals surface area contributed by atoms with E-state index in [-0.39, 0.29) is 28.6 Å². The van der Waals surface area contributed by atoms with Crippen molar-refractivity contribution in [2.45, 2.75) is 52.6 Å². The van der Waals surface area contributed by atoms with Gasteiger partial charge in [0.25, 0.3) is 0 Å². The monoisotopic (exact) mass is 485 g/mol. The highest BCUT2D eigenvalue weighted by molar-refractivity contribution is 7.08. The Labute approximate surface area is 199 Å². The Morgan fingerprint density at radius 1 is 1.21 bits per heavy atom. The van der Waals surface area contributed by atoms with Gasteiger partial charge in [-0.25, -0.2) is 23.9 Å². The molecule has 1 saturated carbocycles. The molecule has 2 aromatic heterocycles. The van der Waals surface area contributed by atoms with Crippen LogP contribution in [0.25, 0.3) is 0 Å². The molecule has 0 radical (unpaired) electrons. The number of nitrogens with zero attached hydrogens (tertiary/aromatic N) is 4. The minimum absolute atomic E-state index is 0.0874. The first-order valence-corrected chi connectivity index (χ1v) is 12.1. The molecular formula is C23H27N5O5S. The standard InChI is InChI=1S/C23H27N5O5S/c1-3-27-22(31)25-21(28(23(27)32)13-15-6-4-14(2)5-7-15)24-16-8-10-17(11-9-16)33-19-12-18(20(29)30)34-26-19/h8-12,14-15H,3-7,13H2,1-2H3,(H,29,30)(H,24,25,31)/t14-,15-. The fourth-order valence-corrected chi connectivity index (χ4v) is 4.60. The van der Waals surface area contributed by atoms with Crippen molar-refractivity contribution in [3.63, 3.8) is 0 Å². The van der Waals surface area contributed by atoms with Crippen molar-refractivity contribution >= 4 is 23.2 Å².